The number of hydrogen-bond donors (Lipinski definition) is 0. The zero-order valence-corrected chi connectivity index (χ0v) is 12.0. The van der Waals surface area contributed by atoms with Gasteiger partial charge in [0.15, 0.2) is 0 Å². The lowest BCUT2D eigenvalue weighted by molar-refractivity contribution is -0.136. The van der Waals surface area contributed by atoms with Crippen LogP contribution in [0.5, 0.6) is 0 Å². The second-order valence-electron chi connectivity index (χ2n) is 5.10. The van der Waals surface area contributed by atoms with Gasteiger partial charge in [-0.15, -0.1) is 0 Å². The summed E-state index contributed by atoms with van der Waals surface area (Å²) >= 11 is 0. The van der Waals surface area contributed by atoms with E-state index in [2.05, 4.69) is 11.2 Å². The van der Waals surface area contributed by atoms with E-state index in [9.17, 15) is 4.79 Å². The van der Waals surface area contributed by atoms with Crippen LogP contribution >= 0.6 is 0 Å². The lowest BCUT2D eigenvalue weighted by Crippen LogP contribution is -2.06. The average molecular weight is 277 g/mol. The lowest BCUT2D eigenvalue weighted by atomic mass is 9.98. The Bertz CT molecular complexity index is 758. The number of carbonyl (C=O) groups excluding carboxylic acids is 1. The maximum atomic E-state index is 11.9. The van der Waals surface area contributed by atoms with Crippen LogP contribution in [-0.4, -0.2) is 11.7 Å². The summed E-state index contributed by atoms with van der Waals surface area (Å²) in [5.74, 6) is -0.408. The Kier molecular flexibility index (Phi) is 3.40. The summed E-state index contributed by atoms with van der Waals surface area (Å²) in [6.45, 7) is 4.07. The highest BCUT2D eigenvalue weighted by Crippen LogP contribution is 2.22. The number of benzene rings is 2. The molecule has 3 nitrogen and oxygen atoms in total. The van der Waals surface area contributed by atoms with Crippen LogP contribution in [0.4, 0.5) is 0 Å². The molecule has 0 aliphatic carbocycles. The van der Waals surface area contributed by atoms with Crippen molar-refractivity contribution in [3.8, 4) is 0 Å². The Balaban J connectivity index is 2.05. The molecular formula is C18H15NO2. The summed E-state index contributed by atoms with van der Waals surface area (Å²) < 4.78 is 0. The minimum Gasteiger partial charge on any atom is -0.312 e. The Morgan fingerprint density at radius 1 is 1.05 bits per heavy atom. The van der Waals surface area contributed by atoms with Crippen molar-refractivity contribution < 1.29 is 9.63 Å². The van der Waals surface area contributed by atoms with Crippen molar-refractivity contribution in [2.24, 2.45) is 5.16 Å². The van der Waals surface area contributed by atoms with Gasteiger partial charge in [-0.25, -0.2) is 4.79 Å². The molecule has 0 radical (unpaired) electrons. The summed E-state index contributed by atoms with van der Waals surface area (Å²) in [4.78, 5) is 16.8. The highest BCUT2D eigenvalue weighted by Gasteiger charge is 2.26. The fraction of sp³-hybridized carbons (Fsp3) is 0.111. The molecule has 0 spiro atoms. The van der Waals surface area contributed by atoms with Gasteiger partial charge in [0.1, 0.15) is 5.71 Å². The van der Waals surface area contributed by atoms with E-state index in [1.807, 2.05) is 62.4 Å². The first-order valence-corrected chi connectivity index (χ1v) is 6.79. The average Bonchev–Trinajstić information content (AvgIpc) is 2.84. The van der Waals surface area contributed by atoms with Crippen molar-refractivity contribution in [1.29, 1.82) is 0 Å². The predicted molar refractivity (Wildman–Crippen MR) is 83.0 cm³/mol. The zero-order chi connectivity index (χ0) is 14.8. The molecule has 3 heteroatoms. The van der Waals surface area contributed by atoms with Crippen molar-refractivity contribution in [3.05, 3.63) is 76.4 Å². The molecule has 0 atom stereocenters. The Hall–Kier alpha value is -2.68. The van der Waals surface area contributed by atoms with Crippen LogP contribution in [0.15, 0.2) is 59.3 Å². The molecule has 104 valence electrons. The first-order chi connectivity index (χ1) is 10.1. The van der Waals surface area contributed by atoms with Gasteiger partial charge < -0.3 is 4.84 Å². The maximum absolute atomic E-state index is 11.9. The monoisotopic (exact) mass is 277 g/mol. The summed E-state index contributed by atoms with van der Waals surface area (Å²) in [6.07, 6.45) is 1.84. The Morgan fingerprint density at radius 3 is 2.52 bits per heavy atom. The summed E-state index contributed by atoms with van der Waals surface area (Å²) in [5, 5.41) is 3.91. The second-order valence-corrected chi connectivity index (χ2v) is 5.10. The van der Waals surface area contributed by atoms with Gasteiger partial charge in [-0.3, -0.25) is 0 Å². The summed E-state index contributed by atoms with van der Waals surface area (Å²) in [7, 11) is 0. The zero-order valence-electron chi connectivity index (χ0n) is 12.0. The van der Waals surface area contributed by atoms with Gasteiger partial charge in [0.05, 0.1) is 5.57 Å². The number of rotatable bonds is 2. The van der Waals surface area contributed by atoms with Crippen LogP contribution in [0, 0.1) is 13.8 Å². The molecule has 0 amide bonds. The predicted octanol–water partition coefficient (Wildman–Crippen LogP) is 3.65. The van der Waals surface area contributed by atoms with Gasteiger partial charge in [-0.1, -0.05) is 59.3 Å². The standard InChI is InChI=1S/C18H15NO2/c1-12-8-9-15(13(2)10-12)11-16-17(19-21-18(16)20)14-6-4-3-5-7-14/h3-11H,1-2H3/b16-11+. The first kappa shape index (κ1) is 13.3. The molecule has 1 aliphatic rings. The smallest absolute Gasteiger partial charge is 0.312 e. The van der Waals surface area contributed by atoms with E-state index in [0.29, 0.717) is 11.3 Å². The molecule has 2 aromatic rings. The molecule has 0 N–H and O–H groups in total. The molecule has 0 aromatic heterocycles. The van der Waals surface area contributed by atoms with E-state index in [1.165, 1.54) is 5.56 Å². The van der Waals surface area contributed by atoms with Crippen LogP contribution in [0.1, 0.15) is 22.3 Å². The van der Waals surface area contributed by atoms with Gasteiger partial charge in [0, 0.05) is 5.56 Å². The largest absolute Gasteiger partial charge is 0.368 e. The topological polar surface area (TPSA) is 38.7 Å². The third-order valence-corrected chi connectivity index (χ3v) is 3.47. The molecule has 3 rings (SSSR count). The fourth-order valence-electron chi connectivity index (χ4n) is 2.36. The highest BCUT2D eigenvalue weighted by molar-refractivity contribution is 6.31. The van der Waals surface area contributed by atoms with E-state index in [1.54, 1.807) is 0 Å². The van der Waals surface area contributed by atoms with Crippen molar-refractivity contribution in [2.45, 2.75) is 13.8 Å². The van der Waals surface area contributed by atoms with Crippen molar-refractivity contribution in [3.63, 3.8) is 0 Å². The minimum atomic E-state index is -0.408. The second kappa shape index (κ2) is 5.37. The van der Waals surface area contributed by atoms with E-state index in [4.69, 9.17) is 4.84 Å². The number of nitrogens with zero attached hydrogens (tertiary/aromatic N) is 1. The third kappa shape index (κ3) is 2.63. The lowest BCUT2D eigenvalue weighted by Gasteiger charge is -2.04. The van der Waals surface area contributed by atoms with Crippen LogP contribution in [0.25, 0.3) is 6.08 Å². The normalized spacial score (nSPS) is 16.0. The van der Waals surface area contributed by atoms with E-state index in [-0.39, 0.29) is 0 Å². The molecule has 0 bridgehead atoms. The van der Waals surface area contributed by atoms with Gasteiger partial charge in [-0.05, 0) is 31.1 Å². The number of oxime groups is 1. The molecule has 21 heavy (non-hydrogen) atoms. The van der Waals surface area contributed by atoms with Gasteiger partial charge in [0.2, 0.25) is 0 Å². The van der Waals surface area contributed by atoms with Crippen LogP contribution in [-0.2, 0) is 9.63 Å². The molecular weight excluding hydrogens is 262 g/mol. The molecule has 1 aliphatic heterocycles. The van der Waals surface area contributed by atoms with Crippen LogP contribution < -0.4 is 0 Å². The number of hydrogen-bond acceptors (Lipinski definition) is 3. The van der Waals surface area contributed by atoms with Gasteiger partial charge >= 0.3 is 5.97 Å². The molecule has 0 saturated carbocycles. The fourth-order valence-corrected chi connectivity index (χ4v) is 2.36. The van der Waals surface area contributed by atoms with E-state index < -0.39 is 5.97 Å². The molecule has 1 heterocycles. The third-order valence-electron chi connectivity index (χ3n) is 3.47. The minimum absolute atomic E-state index is 0.408. The van der Waals surface area contributed by atoms with Gasteiger partial charge in [-0.2, -0.15) is 0 Å². The quantitative estimate of drug-likeness (QED) is 0.621. The van der Waals surface area contributed by atoms with Crippen LogP contribution in [0.2, 0.25) is 0 Å². The molecule has 0 unspecified atom stereocenters. The number of aryl methyl sites for hydroxylation is 2. The Labute approximate surface area is 123 Å². The molecule has 0 saturated heterocycles. The van der Waals surface area contributed by atoms with E-state index >= 15 is 0 Å². The van der Waals surface area contributed by atoms with Crippen molar-refractivity contribution >= 4 is 17.8 Å². The SMILES string of the molecule is Cc1ccc(/C=C2/C(=O)ON=C2c2ccccc2)c(C)c1. The maximum Gasteiger partial charge on any atom is 0.368 e. The van der Waals surface area contributed by atoms with Crippen molar-refractivity contribution in [2.75, 3.05) is 0 Å². The highest BCUT2D eigenvalue weighted by atomic mass is 16.7. The summed E-state index contributed by atoms with van der Waals surface area (Å²) in [5.41, 5.74) is 5.27. The first-order valence-electron chi connectivity index (χ1n) is 6.79. The molecule has 2 aromatic carbocycles. The Morgan fingerprint density at radius 2 is 1.81 bits per heavy atom. The number of carbonyl (C=O) groups is 1. The molecule has 0 fully saturated rings. The van der Waals surface area contributed by atoms with Crippen molar-refractivity contribution in [1.82, 2.24) is 0 Å². The summed E-state index contributed by atoms with van der Waals surface area (Å²) in [6, 6.07) is 15.7. The van der Waals surface area contributed by atoms with Gasteiger partial charge in [0.25, 0.3) is 0 Å². The van der Waals surface area contributed by atoms with E-state index in [0.717, 1.165) is 16.7 Å². The van der Waals surface area contributed by atoms with Crippen LogP contribution in [0.3, 0.4) is 0 Å².